The Hall–Kier alpha value is -3.76. The summed E-state index contributed by atoms with van der Waals surface area (Å²) in [6.07, 6.45) is 0. The van der Waals surface area contributed by atoms with Crippen molar-refractivity contribution in [2.24, 2.45) is 7.05 Å². The minimum Gasteiger partial charge on any atom is -0.240 e. The molecule has 208 valence electrons. The second-order valence-corrected chi connectivity index (χ2v) is 13.3. The van der Waals surface area contributed by atoms with Crippen molar-refractivity contribution in [1.82, 2.24) is 9.55 Å². The molecular weight excluding hydrogens is 518 g/mol. The fraction of sp³-hybridized carbons (Fsp3) is 0.297. The molecule has 4 aromatic carbocycles. The first-order valence-electron chi connectivity index (χ1n) is 14.8. The monoisotopic (exact) mass is 558 g/mol. The van der Waals surface area contributed by atoms with E-state index in [0.29, 0.717) is 17.8 Å². The van der Waals surface area contributed by atoms with Crippen molar-refractivity contribution in [3.05, 3.63) is 101 Å². The van der Waals surface area contributed by atoms with Gasteiger partial charge in [0.2, 0.25) is 0 Å². The van der Waals surface area contributed by atoms with Crippen molar-refractivity contribution >= 4 is 32.6 Å². The number of hydrogen-bond acceptors (Lipinski definition) is 2. The van der Waals surface area contributed by atoms with Crippen LogP contribution in [0.15, 0.2) is 78.9 Å². The van der Waals surface area contributed by atoms with Crippen LogP contribution in [0.5, 0.6) is 0 Å². The van der Waals surface area contributed by atoms with Crippen LogP contribution in [-0.4, -0.2) is 9.55 Å². The van der Waals surface area contributed by atoms with E-state index in [1.165, 1.54) is 65.6 Å². The zero-order valence-corrected chi connectivity index (χ0v) is 26.3. The summed E-state index contributed by atoms with van der Waals surface area (Å²) in [5.41, 5.74) is 12.6. The van der Waals surface area contributed by atoms with Crippen LogP contribution in [0, 0.1) is 6.92 Å². The largest absolute Gasteiger partial charge is 0.297 e. The molecule has 2 aromatic heterocycles. The number of para-hydroxylation sites is 2. The maximum atomic E-state index is 5.26. The van der Waals surface area contributed by atoms with Gasteiger partial charge in [0.25, 0.3) is 5.82 Å². The van der Waals surface area contributed by atoms with Crippen LogP contribution in [0.25, 0.3) is 49.5 Å². The van der Waals surface area contributed by atoms with Gasteiger partial charge in [-0.1, -0.05) is 90.1 Å². The van der Waals surface area contributed by atoms with Gasteiger partial charge >= 0.3 is 0 Å². The lowest BCUT2D eigenvalue weighted by atomic mass is 9.88. The molecule has 6 aromatic rings. The van der Waals surface area contributed by atoms with Gasteiger partial charge in [0.05, 0.1) is 27.8 Å². The number of imidazole rings is 1. The van der Waals surface area contributed by atoms with E-state index in [0.717, 1.165) is 5.52 Å². The van der Waals surface area contributed by atoms with Gasteiger partial charge in [0.1, 0.15) is 5.69 Å². The second kappa shape index (κ2) is 10.6. The maximum absolute atomic E-state index is 5.26. The van der Waals surface area contributed by atoms with Crippen LogP contribution in [-0.2, 0) is 7.05 Å². The summed E-state index contributed by atoms with van der Waals surface area (Å²) in [7, 11) is 2.21. The number of fused-ring (bicyclic) bond motifs is 2. The minimum atomic E-state index is 0.342. The molecule has 0 aliphatic carbocycles. The maximum Gasteiger partial charge on any atom is 0.297 e. The van der Waals surface area contributed by atoms with E-state index < -0.39 is 0 Å². The highest BCUT2D eigenvalue weighted by molar-refractivity contribution is 7.18. The van der Waals surface area contributed by atoms with E-state index in [9.17, 15) is 0 Å². The SMILES string of the molecule is Cc1ccc2sc(C(C)C)nc2c1-c1n(-c2c(C(C)C)cc(-c3ccccc3)cc2C(C)C)c2ccccc2[n+]1C. The van der Waals surface area contributed by atoms with Gasteiger partial charge in [-0.15, -0.1) is 11.3 Å². The number of thiazole rings is 1. The number of benzene rings is 4. The normalized spacial score (nSPS) is 12.1. The molecule has 0 N–H and O–H groups in total. The molecule has 0 unspecified atom stereocenters. The Bertz CT molecular complexity index is 1860. The molecule has 0 fully saturated rings. The number of aryl methyl sites for hydroxylation is 2. The van der Waals surface area contributed by atoms with E-state index in [4.69, 9.17) is 4.98 Å². The van der Waals surface area contributed by atoms with E-state index in [2.05, 4.69) is 144 Å². The van der Waals surface area contributed by atoms with Crippen molar-refractivity contribution in [3.63, 3.8) is 0 Å². The van der Waals surface area contributed by atoms with Crippen LogP contribution in [0.1, 0.15) is 81.0 Å². The number of aromatic nitrogens is 3. The number of nitrogens with zero attached hydrogens (tertiary/aromatic N) is 3. The third-order valence-electron chi connectivity index (χ3n) is 8.26. The molecular formula is C37H40N3S+. The molecule has 0 saturated carbocycles. The Balaban J connectivity index is 1.78. The summed E-state index contributed by atoms with van der Waals surface area (Å²) >= 11 is 1.82. The standard InChI is InChI=1S/C37H40N3S/c1-22(2)28-20-27(26-14-10-9-11-15-26)21-29(23(3)4)35(28)40-31-17-13-12-16-30(31)39(8)37(40)33-25(7)18-19-32-34(33)38-36(41-32)24(5)6/h9-24H,1-8H3/q+1. The molecule has 0 spiro atoms. The average molecular weight is 559 g/mol. The van der Waals surface area contributed by atoms with Crippen molar-refractivity contribution in [2.75, 3.05) is 0 Å². The summed E-state index contributed by atoms with van der Waals surface area (Å²) in [5.74, 6) is 2.26. The average Bonchev–Trinajstić information content (AvgIpc) is 3.52. The lowest BCUT2D eigenvalue weighted by molar-refractivity contribution is -0.633. The molecule has 0 atom stereocenters. The van der Waals surface area contributed by atoms with Gasteiger partial charge in [-0.3, -0.25) is 0 Å². The summed E-state index contributed by atoms with van der Waals surface area (Å²) in [4.78, 5) is 5.26. The molecule has 0 saturated heterocycles. The zero-order valence-electron chi connectivity index (χ0n) is 25.5. The predicted molar refractivity (Wildman–Crippen MR) is 176 cm³/mol. The second-order valence-electron chi connectivity index (χ2n) is 12.2. The van der Waals surface area contributed by atoms with Crippen LogP contribution in [0.3, 0.4) is 0 Å². The van der Waals surface area contributed by atoms with Crippen molar-refractivity contribution < 1.29 is 4.57 Å². The fourth-order valence-electron chi connectivity index (χ4n) is 6.08. The topological polar surface area (TPSA) is 21.7 Å². The molecule has 41 heavy (non-hydrogen) atoms. The van der Waals surface area contributed by atoms with Crippen LogP contribution < -0.4 is 4.57 Å². The van der Waals surface area contributed by atoms with E-state index in [-0.39, 0.29) is 0 Å². The summed E-state index contributed by atoms with van der Waals surface area (Å²) in [6, 6.07) is 29.0. The Kier molecular flexibility index (Phi) is 7.07. The molecule has 6 rings (SSSR count). The van der Waals surface area contributed by atoms with Gasteiger partial charge in [0, 0.05) is 17.0 Å². The van der Waals surface area contributed by atoms with Gasteiger partial charge in [-0.25, -0.2) is 9.55 Å². The predicted octanol–water partition coefficient (Wildman–Crippen LogP) is 10.1. The highest BCUT2D eigenvalue weighted by atomic mass is 32.1. The first-order valence-corrected chi connectivity index (χ1v) is 15.6. The minimum absolute atomic E-state index is 0.342. The highest BCUT2D eigenvalue weighted by Crippen LogP contribution is 2.42. The number of rotatable bonds is 6. The van der Waals surface area contributed by atoms with Crippen LogP contribution in [0.2, 0.25) is 0 Å². The Morgan fingerprint density at radius 1 is 0.732 bits per heavy atom. The molecule has 0 aliphatic heterocycles. The molecule has 0 radical (unpaired) electrons. The highest BCUT2D eigenvalue weighted by Gasteiger charge is 2.33. The summed E-state index contributed by atoms with van der Waals surface area (Å²) < 4.78 is 6.18. The summed E-state index contributed by atoms with van der Waals surface area (Å²) in [6.45, 7) is 16.0. The molecule has 0 aliphatic rings. The zero-order chi connectivity index (χ0) is 29.0. The Morgan fingerprint density at radius 3 is 2.00 bits per heavy atom. The Morgan fingerprint density at radius 2 is 1.37 bits per heavy atom. The molecule has 0 bridgehead atoms. The van der Waals surface area contributed by atoms with Crippen LogP contribution in [0.4, 0.5) is 0 Å². The van der Waals surface area contributed by atoms with E-state index >= 15 is 0 Å². The molecule has 3 nitrogen and oxygen atoms in total. The molecule has 0 amide bonds. The molecule has 4 heteroatoms. The Labute approximate surface area is 248 Å². The number of hydrogen-bond donors (Lipinski definition) is 0. The lowest BCUT2D eigenvalue weighted by Crippen LogP contribution is -2.30. The first kappa shape index (κ1) is 27.4. The van der Waals surface area contributed by atoms with Gasteiger partial charge in [0.15, 0.2) is 11.0 Å². The van der Waals surface area contributed by atoms with Crippen LogP contribution >= 0.6 is 11.3 Å². The van der Waals surface area contributed by atoms with Gasteiger partial charge in [-0.05, 0) is 65.8 Å². The summed E-state index contributed by atoms with van der Waals surface area (Å²) in [5, 5.41) is 1.19. The fourth-order valence-corrected chi connectivity index (χ4v) is 7.06. The van der Waals surface area contributed by atoms with Gasteiger partial charge < -0.3 is 0 Å². The third-order valence-corrected chi connectivity index (χ3v) is 9.58. The van der Waals surface area contributed by atoms with Crippen molar-refractivity contribution in [3.8, 4) is 28.2 Å². The van der Waals surface area contributed by atoms with E-state index in [1.54, 1.807) is 0 Å². The third kappa shape index (κ3) is 4.59. The quantitative estimate of drug-likeness (QED) is 0.186. The first-order chi connectivity index (χ1) is 19.7. The lowest BCUT2D eigenvalue weighted by Gasteiger charge is -2.21. The van der Waals surface area contributed by atoms with Crippen molar-refractivity contribution in [1.29, 1.82) is 0 Å². The van der Waals surface area contributed by atoms with E-state index in [1.807, 2.05) is 11.3 Å². The molecule has 2 heterocycles. The van der Waals surface area contributed by atoms with Crippen molar-refractivity contribution in [2.45, 2.75) is 66.2 Å². The van der Waals surface area contributed by atoms with Gasteiger partial charge in [-0.2, -0.15) is 4.57 Å². The smallest absolute Gasteiger partial charge is 0.240 e.